The lowest BCUT2D eigenvalue weighted by Crippen LogP contribution is -2.33. The maximum absolute atomic E-state index is 13.4. The molecule has 0 atom stereocenters. The number of nitrogens with one attached hydrogen (secondary N) is 1. The summed E-state index contributed by atoms with van der Waals surface area (Å²) < 4.78 is 39.9. The van der Waals surface area contributed by atoms with E-state index in [1.54, 1.807) is 4.98 Å². The number of H-pyrrole nitrogens is 1. The summed E-state index contributed by atoms with van der Waals surface area (Å²) in [6.07, 6.45) is 0.524. The van der Waals surface area contributed by atoms with E-state index in [0.717, 1.165) is 12.1 Å². The minimum Gasteiger partial charge on any atom is -0.292 e. The number of aromatic nitrogens is 2. The van der Waals surface area contributed by atoms with Crippen LogP contribution in [0.3, 0.4) is 0 Å². The summed E-state index contributed by atoms with van der Waals surface area (Å²) >= 11 is 0. The average molecular weight is 284 g/mol. The van der Waals surface area contributed by atoms with Crippen molar-refractivity contribution in [2.45, 2.75) is 6.54 Å². The predicted molar refractivity (Wildman–Crippen MR) is 62.0 cm³/mol. The maximum Gasteiger partial charge on any atom is 0.328 e. The van der Waals surface area contributed by atoms with Gasteiger partial charge in [-0.2, -0.15) is 4.39 Å². The molecule has 0 saturated heterocycles. The second-order valence-electron chi connectivity index (χ2n) is 3.91. The van der Waals surface area contributed by atoms with Gasteiger partial charge in [-0.05, 0) is 18.2 Å². The van der Waals surface area contributed by atoms with Crippen molar-refractivity contribution in [2.24, 2.45) is 0 Å². The van der Waals surface area contributed by atoms with E-state index in [1.807, 2.05) is 0 Å². The minimum atomic E-state index is -1.27. The van der Waals surface area contributed by atoms with Gasteiger partial charge in [-0.15, -0.1) is 0 Å². The molecule has 0 unspecified atom stereocenters. The van der Waals surface area contributed by atoms with E-state index < -0.39 is 46.6 Å². The number of nitrogens with zero attached hydrogens (tertiary/aromatic N) is 1. The number of benzene rings is 1. The number of hydrogen-bond acceptors (Lipinski definition) is 3. The molecule has 1 aromatic carbocycles. The molecule has 2 aromatic rings. The molecule has 0 radical (unpaired) electrons. The third kappa shape index (κ3) is 2.68. The highest BCUT2D eigenvalue weighted by atomic mass is 19.1. The number of hydrogen-bond donors (Lipinski definition) is 1. The Morgan fingerprint density at radius 2 is 1.85 bits per heavy atom. The molecule has 0 spiro atoms. The Balaban J connectivity index is 2.37. The number of aromatic amines is 1. The minimum absolute atomic E-state index is 0.524. The van der Waals surface area contributed by atoms with Crippen molar-refractivity contribution < 1.29 is 18.0 Å². The van der Waals surface area contributed by atoms with Crippen LogP contribution in [0.25, 0.3) is 0 Å². The topological polar surface area (TPSA) is 71.9 Å². The summed E-state index contributed by atoms with van der Waals surface area (Å²) in [4.78, 5) is 35.5. The molecular formula is C12H7F3N2O3. The SMILES string of the molecule is O=C(Cn1cc(F)c(=O)[nH]c1=O)c1cc(F)ccc1F. The second kappa shape index (κ2) is 5.16. The van der Waals surface area contributed by atoms with Gasteiger partial charge in [-0.25, -0.2) is 13.6 Å². The first-order valence-corrected chi connectivity index (χ1v) is 5.36. The number of rotatable bonds is 3. The lowest BCUT2D eigenvalue weighted by atomic mass is 10.1. The highest BCUT2D eigenvalue weighted by Crippen LogP contribution is 2.11. The van der Waals surface area contributed by atoms with Gasteiger partial charge in [0, 0.05) is 0 Å². The van der Waals surface area contributed by atoms with Gasteiger partial charge >= 0.3 is 5.69 Å². The molecule has 1 aromatic heterocycles. The van der Waals surface area contributed by atoms with Crippen molar-refractivity contribution in [3.8, 4) is 0 Å². The fraction of sp³-hybridized carbons (Fsp3) is 0.0833. The third-order valence-electron chi connectivity index (χ3n) is 2.51. The third-order valence-corrected chi connectivity index (χ3v) is 2.51. The molecule has 20 heavy (non-hydrogen) atoms. The van der Waals surface area contributed by atoms with Crippen molar-refractivity contribution >= 4 is 5.78 Å². The number of carbonyl (C=O) groups is 1. The lowest BCUT2D eigenvalue weighted by molar-refractivity contribution is 0.0965. The molecule has 0 bridgehead atoms. The van der Waals surface area contributed by atoms with Gasteiger partial charge in [0.1, 0.15) is 11.6 Å². The van der Waals surface area contributed by atoms with Crippen LogP contribution < -0.4 is 11.2 Å². The molecule has 1 heterocycles. The van der Waals surface area contributed by atoms with Gasteiger partial charge in [0.25, 0.3) is 5.56 Å². The Morgan fingerprint density at radius 3 is 2.55 bits per heavy atom. The zero-order valence-electron chi connectivity index (χ0n) is 9.82. The van der Waals surface area contributed by atoms with E-state index in [-0.39, 0.29) is 0 Å². The van der Waals surface area contributed by atoms with Crippen molar-refractivity contribution in [3.05, 3.63) is 68.2 Å². The Bertz CT molecular complexity index is 795. The fourth-order valence-corrected chi connectivity index (χ4v) is 1.55. The first-order valence-electron chi connectivity index (χ1n) is 5.36. The number of halogens is 3. The maximum atomic E-state index is 13.4. The van der Waals surface area contributed by atoms with Crippen LogP contribution in [-0.4, -0.2) is 15.3 Å². The van der Waals surface area contributed by atoms with Gasteiger partial charge in [0.2, 0.25) is 5.82 Å². The molecule has 2 rings (SSSR count). The lowest BCUT2D eigenvalue weighted by Gasteiger charge is -2.05. The van der Waals surface area contributed by atoms with Gasteiger partial charge in [0.15, 0.2) is 5.78 Å². The van der Waals surface area contributed by atoms with Gasteiger partial charge in [-0.3, -0.25) is 19.1 Å². The molecule has 0 aliphatic rings. The highest BCUT2D eigenvalue weighted by Gasteiger charge is 2.15. The zero-order valence-corrected chi connectivity index (χ0v) is 9.82. The van der Waals surface area contributed by atoms with Crippen LogP contribution in [0.1, 0.15) is 10.4 Å². The molecule has 0 fully saturated rings. The highest BCUT2D eigenvalue weighted by molar-refractivity contribution is 5.96. The molecule has 0 amide bonds. The molecule has 5 nitrogen and oxygen atoms in total. The average Bonchev–Trinajstić information content (AvgIpc) is 2.38. The Hall–Kier alpha value is -2.64. The second-order valence-corrected chi connectivity index (χ2v) is 3.91. The quantitative estimate of drug-likeness (QED) is 0.849. The number of Topliss-reactive ketones (excluding diaryl/α,β-unsaturated/α-hetero) is 1. The van der Waals surface area contributed by atoms with Gasteiger partial charge in [-0.1, -0.05) is 0 Å². The van der Waals surface area contributed by atoms with Crippen LogP contribution in [0.5, 0.6) is 0 Å². The summed E-state index contributed by atoms with van der Waals surface area (Å²) in [6, 6.07) is 2.27. The van der Waals surface area contributed by atoms with E-state index >= 15 is 0 Å². The summed E-state index contributed by atoms with van der Waals surface area (Å²) in [5.41, 5.74) is -2.82. The van der Waals surface area contributed by atoms with Crippen LogP contribution in [0.15, 0.2) is 34.0 Å². The zero-order chi connectivity index (χ0) is 14.9. The molecule has 0 aliphatic carbocycles. The van der Waals surface area contributed by atoms with E-state index in [0.29, 0.717) is 16.8 Å². The van der Waals surface area contributed by atoms with Crippen LogP contribution in [0.4, 0.5) is 13.2 Å². The van der Waals surface area contributed by atoms with E-state index in [4.69, 9.17) is 0 Å². The Morgan fingerprint density at radius 1 is 1.15 bits per heavy atom. The van der Waals surface area contributed by atoms with E-state index in [9.17, 15) is 27.6 Å². The van der Waals surface area contributed by atoms with E-state index in [2.05, 4.69) is 0 Å². The summed E-state index contributed by atoms with van der Waals surface area (Å²) in [5, 5.41) is 0. The summed E-state index contributed by atoms with van der Waals surface area (Å²) in [7, 11) is 0. The first kappa shape index (κ1) is 13.8. The molecule has 8 heteroatoms. The van der Waals surface area contributed by atoms with Crippen molar-refractivity contribution in [2.75, 3.05) is 0 Å². The monoisotopic (exact) mass is 284 g/mol. The van der Waals surface area contributed by atoms with Crippen LogP contribution in [-0.2, 0) is 6.54 Å². The summed E-state index contributed by atoms with van der Waals surface area (Å²) in [6.45, 7) is -0.729. The van der Waals surface area contributed by atoms with Crippen molar-refractivity contribution in [1.29, 1.82) is 0 Å². The van der Waals surface area contributed by atoms with Gasteiger partial charge < -0.3 is 0 Å². The largest absolute Gasteiger partial charge is 0.328 e. The van der Waals surface area contributed by atoms with E-state index in [1.165, 1.54) is 0 Å². The van der Waals surface area contributed by atoms with Crippen molar-refractivity contribution in [1.82, 2.24) is 9.55 Å². The predicted octanol–water partition coefficient (Wildman–Crippen LogP) is 0.837. The molecule has 1 N–H and O–H groups in total. The number of ketones is 1. The summed E-state index contributed by atoms with van der Waals surface area (Å²) in [5.74, 6) is -3.99. The fourth-order valence-electron chi connectivity index (χ4n) is 1.55. The van der Waals surface area contributed by atoms with Crippen LogP contribution in [0, 0.1) is 17.5 Å². The number of carbonyl (C=O) groups excluding carboxylic acids is 1. The Labute approximate surface area is 109 Å². The molecule has 0 saturated carbocycles. The first-order chi connectivity index (χ1) is 9.38. The molecule has 104 valence electrons. The molecule has 0 aliphatic heterocycles. The van der Waals surface area contributed by atoms with Crippen LogP contribution in [0.2, 0.25) is 0 Å². The normalized spacial score (nSPS) is 10.6. The van der Waals surface area contributed by atoms with Crippen LogP contribution >= 0.6 is 0 Å². The molecular weight excluding hydrogens is 277 g/mol. The Kier molecular flexibility index (Phi) is 3.55. The standard InChI is InChI=1S/C12H7F3N2O3/c13-6-1-2-8(14)7(3-6)10(18)5-17-4-9(15)11(19)16-12(17)20/h1-4H,5H2,(H,16,19,20). The van der Waals surface area contributed by atoms with Gasteiger partial charge in [0.05, 0.1) is 18.3 Å². The van der Waals surface area contributed by atoms with Crippen molar-refractivity contribution in [3.63, 3.8) is 0 Å². The smallest absolute Gasteiger partial charge is 0.292 e.